The molecular weight excluding hydrogens is 158 g/mol. The number of hydrogen-bond acceptors (Lipinski definition) is 1. The number of hydrogen-bond donors (Lipinski definition) is 0. The predicted molar refractivity (Wildman–Crippen MR) is 55.4 cm³/mol. The molecule has 1 aromatic rings. The normalized spacial score (nSPS) is 15.5. The van der Waals surface area contributed by atoms with E-state index in [2.05, 4.69) is 31.0 Å². The van der Waals surface area contributed by atoms with Crippen LogP contribution in [-0.4, -0.2) is 4.98 Å². The maximum absolute atomic E-state index is 4.37. The highest BCUT2D eigenvalue weighted by molar-refractivity contribution is 5.57. The quantitative estimate of drug-likeness (QED) is 0.636. The van der Waals surface area contributed by atoms with Gasteiger partial charge in [0.2, 0.25) is 0 Å². The summed E-state index contributed by atoms with van der Waals surface area (Å²) in [5.41, 5.74) is 4.13. The minimum atomic E-state index is 0.674. The standard InChI is InChI=1S/C12H15N/c1-9(2)10-5-6-12-11(8-10)4-3-7-13-12/h3-4,7-9H,5-6H2,1-2H3. The zero-order chi connectivity index (χ0) is 9.26. The minimum absolute atomic E-state index is 0.674. The summed E-state index contributed by atoms with van der Waals surface area (Å²) < 4.78 is 0. The first-order chi connectivity index (χ1) is 6.27. The Morgan fingerprint density at radius 2 is 2.15 bits per heavy atom. The zero-order valence-corrected chi connectivity index (χ0v) is 8.25. The molecule has 1 nitrogen and oxygen atoms in total. The molecule has 0 N–H and O–H groups in total. The molecule has 0 saturated carbocycles. The summed E-state index contributed by atoms with van der Waals surface area (Å²) in [7, 11) is 0. The van der Waals surface area contributed by atoms with Gasteiger partial charge in [0.25, 0.3) is 0 Å². The summed E-state index contributed by atoms with van der Waals surface area (Å²) in [6.45, 7) is 4.51. The van der Waals surface area contributed by atoms with Gasteiger partial charge in [0, 0.05) is 11.9 Å². The molecule has 1 aromatic heterocycles. The van der Waals surface area contributed by atoms with Gasteiger partial charge in [0.05, 0.1) is 0 Å². The van der Waals surface area contributed by atoms with Crippen LogP contribution >= 0.6 is 0 Å². The molecule has 1 aliphatic rings. The molecule has 0 fully saturated rings. The van der Waals surface area contributed by atoms with Crippen LogP contribution in [-0.2, 0) is 6.42 Å². The summed E-state index contributed by atoms with van der Waals surface area (Å²) >= 11 is 0. The van der Waals surface area contributed by atoms with Crippen molar-refractivity contribution in [2.45, 2.75) is 26.7 Å². The first-order valence-corrected chi connectivity index (χ1v) is 4.91. The lowest BCUT2D eigenvalue weighted by Gasteiger charge is -2.17. The highest BCUT2D eigenvalue weighted by Gasteiger charge is 2.12. The molecule has 0 aromatic carbocycles. The number of aryl methyl sites for hydroxylation is 1. The van der Waals surface area contributed by atoms with Gasteiger partial charge in [-0.25, -0.2) is 0 Å². The average Bonchev–Trinajstić information content (AvgIpc) is 2.17. The number of nitrogens with zero attached hydrogens (tertiary/aromatic N) is 1. The molecule has 13 heavy (non-hydrogen) atoms. The molecule has 2 rings (SSSR count). The second-order valence-corrected chi connectivity index (χ2v) is 3.91. The summed E-state index contributed by atoms with van der Waals surface area (Å²) in [6, 6.07) is 4.17. The fraction of sp³-hybridized carbons (Fsp3) is 0.417. The van der Waals surface area contributed by atoms with Crippen LogP contribution in [0, 0.1) is 5.92 Å². The first-order valence-electron chi connectivity index (χ1n) is 4.91. The molecule has 0 spiro atoms. The van der Waals surface area contributed by atoms with Crippen molar-refractivity contribution in [3.8, 4) is 0 Å². The van der Waals surface area contributed by atoms with E-state index in [1.54, 1.807) is 5.57 Å². The van der Waals surface area contributed by atoms with E-state index in [9.17, 15) is 0 Å². The summed E-state index contributed by atoms with van der Waals surface area (Å²) in [5.74, 6) is 0.674. The smallest absolute Gasteiger partial charge is 0.0479 e. The Morgan fingerprint density at radius 3 is 2.92 bits per heavy atom. The van der Waals surface area contributed by atoms with Crippen LogP contribution in [0.4, 0.5) is 0 Å². The van der Waals surface area contributed by atoms with Gasteiger partial charge in [-0.3, -0.25) is 4.98 Å². The fourth-order valence-electron chi connectivity index (χ4n) is 1.78. The molecule has 0 atom stereocenters. The minimum Gasteiger partial charge on any atom is -0.261 e. The van der Waals surface area contributed by atoms with E-state index < -0.39 is 0 Å². The summed E-state index contributed by atoms with van der Waals surface area (Å²) in [5, 5.41) is 0. The number of pyridine rings is 1. The third kappa shape index (κ3) is 1.64. The molecule has 0 saturated heterocycles. The molecule has 0 amide bonds. The topological polar surface area (TPSA) is 12.9 Å². The SMILES string of the molecule is CC(C)C1=Cc2cccnc2CC1. The molecule has 68 valence electrons. The van der Waals surface area contributed by atoms with Gasteiger partial charge in [-0.2, -0.15) is 0 Å². The first kappa shape index (κ1) is 8.49. The molecule has 1 heterocycles. The Morgan fingerprint density at radius 1 is 1.31 bits per heavy atom. The molecule has 1 heteroatoms. The lowest BCUT2D eigenvalue weighted by atomic mass is 9.90. The van der Waals surface area contributed by atoms with Gasteiger partial charge >= 0.3 is 0 Å². The molecule has 1 aliphatic carbocycles. The van der Waals surface area contributed by atoms with Crippen molar-refractivity contribution in [2.75, 3.05) is 0 Å². The second-order valence-electron chi connectivity index (χ2n) is 3.91. The zero-order valence-electron chi connectivity index (χ0n) is 8.25. The number of fused-ring (bicyclic) bond motifs is 1. The molecule has 0 bridgehead atoms. The Kier molecular flexibility index (Phi) is 2.17. The Bertz CT molecular complexity index is 337. The monoisotopic (exact) mass is 173 g/mol. The van der Waals surface area contributed by atoms with E-state index in [1.165, 1.54) is 17.7 Å². The average molecular weight is 173 g/mol. The van der Waals surface area contributed by atoms with Crippen molar-refractivity contribution in [1.29, 1.82) is 0 Å². The molecule has 0 aliphatic heterocycles. The van der Waals surface area contributed by atoms with Gasteiger partial charge in [-0.1, -0.05) is 31.6 Å². The van der Waals surface area contributed by atoms with E-state index in [4.69, 9.17) is 0 Å². The maximum atomic E-state index is 4.37. The van der Waals surface area contributed by atoms with E-state index in [0.717, 1.165) is 6.42 Å². The van der Waals surface area contributed by atoms with Gasteiger partial charge < -0.3 is 0 Å². The lowest BCUT2D eigenvalue weighted by molar-refractivity contribution is 0.703. The van der Waals surface area contributed by atoms with Crippen molar-refractivity contribution in [3.05, 3.63) is 35.2 Å². The highest BCUT2D eigenvalue weighted by atomic mass is 14.7. The highest BCUT2D eigenvalue weighted by Crippen LogP contribution is 2.26. The van der Waals surface area contributed by atoms with E-state index in [1.807, 2.05) is 12.3 Å². The largest absolute Gasteiger partial charge is 0.261 e. The Hall–Kier alpha value is -1.11. The van der Waals surface area contributed by atoms with E-state index in [0.29, 0.717) is 5.92 Å². The lowest BCUT2D eigenvalue weighted by Crippen LogP contribution is -2.05. The van der Waals surface area contributed by atoms with Crippen LogP contribution in [0.2, 0.25) is 0 Å². The molecule has 0 radical (unpaired) electrons. The third-order valence-corrected chi connectivity index (χ3v) is 2.66. The van der Waals surface area contributed by atoms with Crippen LogP contribution in [0.15, 0.2) is 23.9 Å². The van der Waals surface area contributed by atoms with Crippen LogP contribution in [0.25, 0.3) is 6.08 Å². The van der Waals surface area contributed by atoms with Gasteiger partial charge in [0.15, 0.2) is 0 Å². The van der Waals surface area contributed by atoms with Crippen LogP contribution in [0.5, 0.6) is 0 Å². The maximum Gasteiger partial charge on any atom is 0.0479 e. The fourth-order valence-corrected chi connectivity index (χ4v) is 1.78. The third-order valence-electron chi connectivity index (χ3n) is 2.66. The van der Waals surface area contributed by atoms with Crippen molar-refractivity contribution in [3.63, 3.8) is 0 Å². The van der Waals surface area contributed by atoms with Crippen molar-refractivity contribution in [2.24, 2.45) is 5.92 Å². The van der Waals surface area contributed by atoms with Gasteiger partial charge in [-0.15, -0.1) is 0 Å². The van der Waals surface area contributed by atoms with Crippen molar-refractivity contribution < 1.29 is 0 Å². The number of allylic oxidation sites excluding steroid dienone is 1. The van der Waals surface area contributed by atoms with E-state index >= 15 is 0 Å². The molecular formula is C12H15N. The number of rotatable bonds is 1. The van der Waals surface area contributed by atoms with Gasteiger partial charge in [0.1, 0.15) is 0 Å². The Balaban J connectivity index is 2.38. The Labute approximate surface area is 79.5 Å². The van der Waals surface area contributed by atoms with Crippen LogP contribution in [0.3, 0.4) is 0 Å². The number of aromatic nitrogens is 1. The summed E-state index contributed by atoms with van der Waals surface area (Å²) in [4.78, 5) is 4.37. The van der Waals surface area contributed by atoms with Crippen LogP contribution in [0.1, 0.15) is 31.5 Å². The second kappa shape index (κ2) is 3.33. The van der Waals surface area contributed by atoms with Gasteiger partial charge in [-0.05, 0) is 30.4 Å². The molecule has 0 unspecified atom stereocenters. The summed E-state index contributed by atoms with van der Waals surface area (Å²) in [6.07, 6.45) is 6.48. The van der Waals surface area contributed by atoms with Crippen LogP contribution < -0.4 is 0 Å². The van der Waals surface area contributed by atoms with Crippen molar-refractivity contribution in [1.82, 2.24) is 4.98 Å². The predicted octanol–water partition coefficient (Wildman–Crippen LogP) is 3.07. The van der Waals surface area contributed by atoms with E-state index in [-0.39, 0.29) is 0 Å². The van der Waals surface area contributed by atoms with Crippen molar-refractivity contribution >= 4 is 6.08 Å².